The van der Waals surface area contributed by atoms with Crippen molar-refractivity contribution in [1.82, 2.24) is 4.98 Å². The summed E-state index contributed by atoms with van der Waals surface area (Å²) in [5.41, 5.74) is 0.511. The molecular formula is C12H11NO2. The molecule has 0 saturated carbocycles. The Morgan fingerprint density at radius 1 is 1.53 bits per heavy atom. The van der Waals surface area contributed by atoms with Crippen molar-refractivity contribution in [2.75, 3.05) is 0 Å². The van der Waals surface area contributed by atoms with Crippen LogP contribution < -0.4 is 4.74 Å². The molecule has 1 aliphatic rings. The van der Waals surface area contributed by atoms with E-state index in [2.05, 4.69) is 10.9 Å². The molecule has 2 heterocycles. The van der Waals surface area contributed by atoms with Crippen molar-refractivity contribution in [1.29, 1.82) is 0 Å². The van der Waals surface area contributed by atoms with E-state index in [0.717, 1.165) is 0 Å². The highest BCUT2D eigenvalue weighted by Gasteiger charge is 2.33. The zero-order valence-corrected chi connectivity index (χ0v) is 8.70. The topological polar surface area (TPSA) is 39.2 Å². The van der Waals surface area contributed by atoms with E-state index in [1.54, 1.807) is 12.1 Å². The van der Waals surface area contributed by atoms with E-state index in [9.17, 15) is 4.79 Å². The average molecular weight is 201 g/mol. The molecule has 76 valence electrons. The molecule has 1 aliphatic heterocycles. The van der Waals surface area contributed by atoms with E-state index in [1.165, 1.54) is 0 Å². The number of ketones is 1. The summed E-state index contributed by atoms with van der Waals surface area (Å²) in [4.78, 5) is 15.8. The van der Waals surface area contributed by atoms with Gasteiger partial charge < -0.3 is 4.74 Å². The standard InChI is InChI=1S/C12H11NO2/c1-4-8-5-6-9-10(14)7-12(2,3)15-11(9)13-8/h1,5-6H,7H2,2-3H3. The zero-order chi connectivity index (χ0) is 11.1. The van der Waals surface area contributed by atoms with Crippen molar-refractivity contribution in [3.05, 3.63) is 23.4 Å². The van der Waals surface area contributed by atoms with Gasteiger partial charge in [0, 0.05) is 0 Å². The molecule has 0 atom stereocenters. The smallest absolute Gasteiger partial charge is 0.226 e. The van der Waals surface area contributed by atoms with Crippen LogP contribution in [0.2, 0.25) is 0 Å². The van der Waals surface area contributed by atoms with E-state index in [4.69, 9.17) is 11.2 Å². The largest absolute Gasteiger partial charge is 0.471 e. The molecule has 1 aromatic heterocycles. The molecule has 0 radical (unpaired) electrons. The highest BCUT2D eigenvalue weighted by Crippen LogP contribution is 2.31. The summed E-state index contributed by atoms with van der Waals surface area (Å²) in [6.45, 7) is 3.72. The van der Waals surface area contributed by atoms with Gasteiger partial charge >= 0.3 is 0 Å². The minimum Gasteiger partial charge on any atom is -0.471 e. The maximum atomic E-state index is 11.7. The lowest BCUT2D eigenvalue weighted by molar-refractivity contribution is 0.0590. The lowest BCUT2D eigenvalue weighted by atomic mass is 9.94. The van der Waals surface area contributed by atoms with Crippen LogP contribution in [0.1, 0.15) is 36.3 Å². The predicted octanol–water partition coefficient (Wildman–Crippen LogP) is 1.81. The molecule has 0 unspecified atom stereocenters. The first-order chi connectivity index (χ1) is 7.02. The first-order valence-electron chi connectivity index (χ1n) is 4.72. The van der Waals surface area contributed by atoms with Crippen LogP contribution in [-0.2, 0) is 0 Å². The maximum Gasteiger partial charge on any atom is 0.226 e. The Bertz CT molecular complexity index is 469. The van der Waals surface area contributed by atoms with Gasteiger partial charge in [0.25, 0.3) is 0 Å². The van der Waals surface area contributed by atoms with E-state index in [-0.39, 0.29) is 5.78 Å². The minimum atomic E-state index is -0.496. The number of rotatable bonds is 0. The number of hydrogen-bond acceptors (Lipinski definition) is 3. The SMILES string of the molecule is C#Cc1ccc2c(n1)OC(C)(C)CC2=O. The van der Waals surface area contributed by atoms with Gasteiger partial charge in [0.2, 0.25) is 5.88 Å². The fraction of sp³-hybridized carbons (Fsp3) is 0.333. The fourth-order valence-corrected chi connectivity index (χ4v) is 1.59. The number of carbonyl (C=O) groups excluding carboxylic acids is 1. The molecule has 0 saturated heterocycles. The summed E-state index contributed by atoms with van der Waals surface area (Å²) in [7, 11) is 0. The third kappa shape index (κ3) is 1.71. The Labute approximate surface area is 88.5 Å². The Morgan fingerprint density at radius 3 is 2.93 bits per heavy atom. The summed E-state index contributed by atoms with van der Waals surface area (Å²) in [6.07, 6.45) is 5.60. The van der Waals surface area contributed by atoms with Crippen molar-refractivity contribution in [2.45, 2.75) is 25.9 Å². The van der Waals surface area contributed by atoms with Gasteiger partial charge in [-0.2, -0.15) is 0 Å². The van der Waals surface area contributed by atoms with Gasteiger partial charge in [-0.15, -0.1) is 6.42 Å². The third-order valence-electron chi connectivity index (χ3n) is 2.27. The number of terminal acetylenes is 1. The molecule has 0 amide bonds. The summed E-state index contributed by atoms with van der Waals surface area (Å²) in [6, 6.07) is 3.33. The molecule has 3 heteroatoms. The number of nitrogens with zero attached hydrogens (tertiary/aromatic N) is 1. The van der Waals surface area contributed by atoms with E-state index >= 15 is 0 Å². The van der Waals surface area contributed by atoms with E-state index in [0.29, 0.717) is 23.6 Å². The van der Waals surface area contributed by atoms with Crippen LogP contribution in [0.15, 0.2) is 12.1 Å². The Kier molecular flexibility index (Phi) is 2.01. The van der Waals surface area contributed by atoms with E-state index < -0.39 is 5.60 Å². The molecule has 0 bridgehead atoms. The molecule has 2 rings (SSSR count). The summed E-state index contributed by atoms with van der Waals surface area (Å²) in [5, 5.41) is 0. The second-order valence-electron chi connectivity index (χ2n) is 4.16. The van der Waals surface area contributed by atoms with Gasteiger partial charge in [-0.1, -0.05) is 5.92 Å². The van der Waals surface area contributed by atoms with Crippen molar-refractivity contribution in [3.8, 4) is 18.2 Å². The first kappa shape index (κ1) is 9.72. The number of hydrogen-bond donors (Lipinski definition) is 0. The number of carbonyl (C=O) groups is 1. The van der Waals surface area contributed by atoms with E-state index in [1.807, 2.05) is 13.8 Å². The van der Waals surface area contributed by atoms with Crippen LogP contribution in [0.5, 0.6) is 5.88 Å². The summed E-state index contributed by atoms with van der Waals surface area (Å²) >= 11 is 0. The quantitative estimate of drug-likeness (QED) is 0.601. The first-order valence-corrected chi connectivity index (χ1v) is 4.72. The molecule has 0 N–H and O–H groups in total. The van der Waals surface area contributed by atoms with Crippen LogP contribution in [0.3, 0.4) is 0 Å². The monoisotopic (exact) mass is 201 g/mol. The second-order valence-corrected chi connectivity index (χ2v) is 4.16. The number of ether oxygens (including phenoxy) is 1. The van der Waals surface area contributed by atoms with Gasteiger partial charge in [0.15, 0.2) is 5.78 Å². The Balaban J connectivity index is 2.52. The molecule has 0 spiro atoms. The van der Waals surface area contributed by atoms with Crippen molar-refractivity contribution >= 4 is 5.78 Å². The lowest BCUT2D eigenvalue weighted by Crippen LogP contribution is -2.36. The molecular weight excluding hydrogens is 190 g/mol. The maximum absolute atomic E-state index is 11.7. The molecule has 0 aromatic carbocycles. The number of fused-ring (bicyclic) bond motifs is 1. The van der Waals surface area contributed by atoms with Gasteiger partial charge in [-0.3, -0.25) is 4.79 Å². The molecule has 0 fully saturated rings. The molecule has 3 nitrogen and oxygen atoms in total. The van der Waals surface area contributed by atoms with Crippen molar-refractivity contribution < 1.29 is 9.53 Å². The van der Waals surface area contributed by atoms with Gasteiger partial charge in [-0.25, -0.2) is 4.98 Å². The van der Waals surface area contributed by atoms with Crippen LogP contribution in [0.4, 0.5) is 0 Å². The van der Waals surface area contributed by atoms with Gasteiger partial charge in [0.1, 0.15) is 11.3 Å². The fourth-order valence-electron chi connectivity index (χ4n) is 1.59. The average Bonchev–Trinajstić information content (AvgIpc) is 2.14. The lowest BCUT2D eigenvalue weighted by Gasteiger charge is -2.30. The number of aromatic nitrogens is 1. The zero-order valence-electron chi connectivity index (χ0n) is 8.70. The predicted molar refractivity (Wildman–Crippen MR) is 55.8 cm³/mol. The van der Waals surface area contributed by atoms with Crippen LogP contribution >= 0.6 is 0 Å². The number of pyridine rings is 1. The Hall–Kier alpha value is -1.82. The highest BCUT2D eigenvalue weighted by molar-refractivity contribution is 5.99. The number of Topliss-reactive ketones (excluding diaryl/α,β-unsaturated/α-hetero) is 1. The minimum absolute atomic E-state index is 0.0531. The van der Waals surface area contributed by atoms with Crippen molar-refractivity contribution in [3.63, 3.8) is 0 Å². The molecule has 1 aromatic rings. The highest BCUT2D eigenvalue weighted by atomic mass is 16.5. The van der Waals surface area contributed by atoms with Gasteiger partial charge in [0.05, 0.1) is 12.0 Å². The molecule has 15 heavy (non-hydrogen) atoms. The summed E-state index contributed by atoms with van der Waals surface area (Å²) < 4.78 is 5.60. The summed E-state index contributed by atoms with van der Waals surface area (Å²) in [5.74, 6) is 2.82. The normalized spacial score (nSPS) is 17.5. The van der Waals surface area contributed by atoms with Crippen LogP contribution in [0.25, 0.3) is 0 Å². The second kappa shape index (κ2) is 3.09. The Morgan fingerprint density at radius 2 is 2.27 bits per heavy atom. The van der Waals surface area contributed by atoms with Crippen LogP contribution in [0, 0.1) is 12.3 Å². The van der Waals surface area contributed by atoms with Crippen molar-refractivity contribution in [2.24, 2.45) is 0 Å². The molecule has 0 aliphatic carbocycles. The third-order valence-corrected chi connectivity index (χ3v) is 2.27. The van der Waals surface area contributed by atoms with Crippen LogP contribution in [-0.4, -0.2) is 16.4 Å². The van der Waals surface area contributed by atoms with Gasteiger partial charge in [-0.05, 0) is 26.0 Å².